The lowest BCUT2D eigenvalue weighted by Gasteiger charge is -2.29. The van der Waals surface area contributed by atoms with Gasteiger partial charge in [0.2, 0.25) is 10.0 Å². The number of nitrogens with zero attached hydrogens (tertiary/aromatic N) is 2. The van der Waals surface area contributed by atoms with E-state index in [2.05, 4.69) is 16.8 Å². The monoisotopic (exact) mass is 413 g/mol. The highest BCUT2D eigenvalue weighted by molar-refractivity contribution is 7.92. The van der Waals surface area contributed by atoms with Crippen molar-refractivity contribution in [3.05, 3.63) is 35.7 Å². The van der Waals surface area contributed by atoms with Crippen LogP contribution in [0.5, 0.6) is 0 Å². The Kier molecular flexibility index (Phi) is 5.33. The average molecular weight is 414 g/mol. The fraction of sp³-hybridized carbons (Fsp3) is 0.471. The zero-order valence-corrected chi connectivity index (χ0v) is 17.1. The molecule has 0 aliphatic carbocycles. The van der Waals surface area contributed by atoms with Gasteiger partial charge in [0.15, 0.2) is 10.7 Å². The summed E-state index contributed by atoms with van der Waals surface area (Å²) in [4.78, 5) is 0.138. The maximum atomic E-state index is 12.7. The van der Waals surface area contributed by atoms with Gasteiger partial charge >= 0.3 is 0 Å². The van der Waals surface area contributed by atoms with Crippen LogP contribution in [0.25, 0.3) is 0 Å². The fourth-order valence-electron chi connectivity index (χ4n) is 3.13. The molecule has 27 heavy (non-hydrogen) atoms. The van der Waals surface area contributed by atoms with E-state index in [4.69, 9.17) is 4.52 Å². The molecule has 1 saturated heterocycles. The van der Waals surface area contributed by atoms with Crippen LogP contribution < -0.4 is 4.72 Å². The Bertz CT molecular complexity index is 1000. The Morgan fingerprint density at radius 3 is 2.19 bits per heavy atom. The van der Waals surface area contributed by atoms with E-state index in [1.54, 1.807) is 6.92 Å². The first-order chi connectivity index (χ1) is 12.6. The molecule has 0 unspecified atom stereocenters. The van der Waals surface area contributed by atoms with Gasteiger partial charge in [-0.1, -0.05) is 12.1 Å². The van der Waals surface area contributed by atoms with Crippen LogP contribution in [-0.4, -0.2) is 39.4 Å². The number of benzene rings is 1. The summed E-state index contributed by atoms with van der Waals surface area (Å²) in [5.74, 6) is 0.719. The molecule has 1 aromatic carbocycles. The number of rotatable bonds is 5. The minimum atomic E-state index is -3.87. The third-order valence-corrected chi connectivity index (χ3v) is 8.26. The van der Waals surface area contributed by atoms with Gasteiger partial charge in [-0.25, -0.2) is 16.8 Å². The number of aromatic nitrogens is 1. The second-order valence-electron chi connectivity index (χ2n) is 6.87. The molecule has 148 valence electrons. The van der Waals surface area contributed by atoms with E-state index in [9.17, 15) is 16.8 Å². The molecule has 1 aliphatic heterocycles. The predicted molar refractivity (Wildman–Crippen MR) is 100 cm³/mol. The van der Waals surface area contributed by atoms with E-state index in [1.807, 2.05) is 0 Å². The molecule has 1 fully saturated rings. The normalized spacial score (nSPS) is 17.1. The Hall–Kier alpha value is -1.91. The summed E-state index contributed by atoms with van der Waals surface area (Å²) >= 11 is 0. The van der Waals surface area contributed by atoms with Crippen LogP contribution in [-0.2, 0) is 20.0 Å². The lowest BCUT2D eigenvalue weighted by Crippen LogP contribution is -2.37. The number of aryl methyl sites for hydroxylation is 2. The van der Waals surface area contributed by atoms with Crippen LogP contribution in [0.15, 0.2) is 38.6 Å². The minimum absolute atomic E-state index is 0.0124. The zero-order chi connectivity index (χ0) is 19.8. The van der Waals surface area contributed by atoms with E-state index in [1.165, 1.54) is 35.5 Å². The molecule has 1 N–H and O–H groups in total. The van der Waals surface area contributed by atoms with Crippen molar-refractivity contribution in [2.45, 2.75) is 43.4 Å². The Morgan fingerprint density at radius 1 is 1.07 bits per heavy atom. The molecule has 10 heteroatoms. The van der Waals surface area contributed by atoms with Crippen molar-refractivity contribution in [1.82, 2.24) is 9.46 Å². The highest BCUT2D eigenvalue weighted by Crippen LogP contribution is 2.26. The predicted octanol–water partition coefficient (Wildman–Crippen LogP) is 2.51. The zero-order valence-electron chi connectivity index (χ0n) is 15.5. The molecule has 0 bridgehead atoms. The molecule has 0 saturated carbocycles. The summed E-state index contributed by atoms with van der Waals surface area (Å²) in [7, 11) is -7.44. The SMILES string of the molecule is Cc1noc(C)c1S(=O)(=O)Nc1ccc(S(=O)(=O)N2CCC(C)CC2)cc1. The molecule has 0 amide bonds. The van der Waals surface area contributed by atoms with Crippen LogP contribution in [0.1, 0.15) is 31.2 Å². The maximum Gasteiger partial charge on any atom is 0.267 e. The highest BCUT2D eigenvalue weighted by Gasteiger charge is 2.28. The van der Waals surface area contributed by atoms with E-state index in [-0.39, 0.29) is 26.9 Å². The van der Waals surface area contributed by atoms with Gasteiger partial charge in [-0.15, -0.1) is 0 Å². The van der Waals surface area contributed by atoms with Crippen molar-refractivity contribution in [3.63, 3.8) is 0 Å². The van der Waals surface area contributed by atoms with E-state index >= 15 is 0 Å². The minimum Gasteiger partial charge on any atom is -0.360 e. The van der Waals surface area contributed by atoms with Crippen LogP contribution in [0.4, 0.5) is 5.69 Å². The van der Waals surface area contributed by atoms with Gasteiger partial charge in [-0.05, 0) is 56.9 Å². The van der Waals surface area contributed by atoms with Gasteiger partial charge in [-0.2, -0.15) is 4.31 Å². The highest BCUT2D eigenvalue weighted by atomic mass is 32.2. The standard InChI is InChI=1S/C17H23N3O5S2/c1-12-8-10-20(11-9-12)27(23,24)16-6-4-15(5-7-16)19-26(21,22)17-13(2)18-25-14(17)3/h4-7,12,19H,8-11H2,1-3H3. The molecular weight excluding hydrogens is 390 g/mol. The summed E-state index contributed by atoms with van der Waals surface area (Å²) in [5.41, 5.74) is 0.528. The number of piperidine rings is 1. The Morgan fingerprint density at radius 2 is 1.67 bits per heavy atom. The summed E-state index contributed by atoms with van der Waals surface area (Å²) in [6.45, 7) is 6.18. The van der Waals surface area contributed by atoms with Gasteiger partial charge in [0.25, 0.3) is 10.0 Å². The van der Waals surface area contributed by atoms with Crippen LogP contribution in [0, 0.1) is 19.8 Å². The third-order valence-electron chi connectivity index (χ3n) is 4.72. The molecule has 1 aliphatic rings. The largest absolute Gasteiger partial charge is 0.360 e. The molecule has 2 aromatic rings. The summed E-state index contributed by atoms with van der Waals surface area (Å²) < 4.78 is 59.3. The van der Waals surface area contributed by atoms with Crippen molar-refractivity contribution in [1.29, 1.82) is 0 Å². The Labute approximate surface area is 159 Å². The maximum absolute atomic E-state index is 12.7. The van der Waals surface area contributed by atoms with Gasteiger partial charge in [-0.3, -0.25) is 4.72 Å². The van der Waals surface area contributed by atoms with Gasteiger partial charge < -0.3 is 4.52 Å². The number of sulfonamides is 2. The number of hydrogen-bond donors (Lipinski definition) is 1. The first-order valence-electron chi connectivity index (χ1n) is 8.67. The quantitative estimate of drug-likeness (QED) is 0.806. The van der Waals surface area contributed by atoms with Crippen molar-refractivity contribution >= 4 is 25.7 Å². The second kappa shape index (κ2) is 7.25. The summed E-state index contributed by atoms with van der Waals surface area (Å²) in [5, 5.41) is 3.65. The molecule has 3 rings (SSSR count). The number of anilines is 1. The first kappa shape index (κ1) is 19.8. The second-order valence-corrected chi connectivity index (χ2v) is 10.4. The van der Waals surface area contributed by atoms with Crippen LogP contribution in [0.3, 0.4) is 0 Å². The van der Waals surface area contributed by atoms with Crippen LogP contribution >= 0.6 is 0 Å². The number of nitrogens with one attached hydrogen (secondary N) is 1. The van der Waals surface area contributed by atoms with Crippen molar-refractivity contribution in [3.8, 4) is 0 Å². The summed E-state index contributed by atoms with van der Waals surface area (Å²) in [6, 6.07) is 5.71. The van der Waals surface area contributed by atoms with Gasteiger partial charge in [0.05, 0.1) is 4.90 Å². The molecule has 0 atom stereocenters. The van der Waals surface area contributed by atoms with Crippen molar-refractivity contribution in [2.24, 2.45) is 5.92 Å². The van der Waals surface area contributed by atoms with E-state index < -0.39 is 20.0 Å². The van der Waals surface area contributed by atoms with Crippen molar-refractivity contribution in [2.75, 3.05) is 17.8 Å². The average Bonchev–Trinajstić information content (AvgIpc) is 2.95. The van der Waals surface area contributed by atoms with Crippen LogP contribution in [0.2, 0.25) is 0 Å². The first-order valence-corrected chi connectivity index (χ1v) is 11.6. The molecule has 2 heterocycles. The molecule has 0 spiro atoms. The number of hydrogen-bond acceptors (Lipinski definition) is 6. The smallest absolute Gasteiger partial charge is 0.267 e. The fourth-order valence-corrected chi connectivity index (χ4v) is 5.99. The van der Waals surface area contributed by atoms with E-state index in [0.29, 0.717) is 19.0 Å². The van der Waals surface area contributed by atoms with Crippen molar-refractivity contribution < 1.29 is 21.4 Å². The Balaban J connectivity index is 1.79. The van der Waals surface area contributed by atoms with Gasteiger partial charge in [0, 0.05) is 18.8 Å². The lowest BCUT2D eigenvalue weighted by molar-refractivity contribution is 0.288. The molecular formula is C17H23N3O5S2. The topological polar surface area (TPSA) is 110 Å². The molecule has 8 nitrogen and oxygen atoms in total. The molecule has 0 radical (unpaired) electrons. The molecule has 1 aromatic heterocycles. The van der Waals surface area contributed by atoms with Gasteiger partial charge in [0.1, 0.15) is 5.69 Å². The third kappa shape index (κ3) is 4.02. The lowest BCUT2D eigenvalue weighted by atomic mass is 10.0. The summed E-state index contributed by atoms with van der Waals surface area (Å²) in [6.07, 6.45) is 1.68. The van der Waals surface area contributed by atoms with E-state index in [0.717, 1.165) is 12.8 Å².